The van der Waals surface area contributed by atoms with E-state index in [2.05, 4.69) is 64.7 Å². The monoisotopic (exact) mass is 265 g/mol. The Balaban J connectivity index is 2.82. The highest BCUT2D eigenvalue weighted by molar-refractivity contribution is 7.80. The molecule has 0 aliphatic rings. The highest BCUT2D eigenvalue weighted by atomic mass is 32.1. The van der Waals surface area contributed by atoms with Gasteiger partial charge in [0.25, 0.3) is 0 Å². The van der Waals surface area contributed by atoms with E-state index in [1.807, 2.05) is 0 Å². The fraction of sp³-hybridized carbons (Fsp3) is 0.625. The van der Waals surface area contributed by atoms with Crippen molar-refractivity contribution in [1.82, 2.24) is 5.32 Å². The number of hydrogen-bond donors (Lipinski definition) is 2. The Morgan fingerprint density at radius 3 is 2.11 bits per heavy atom. The lowest BCUT2D eigenvalue weighted by Gasteiger charge is -2.22. The Bertz CT molecular complexity index is 368. The minimum absolute atomic E-state index is 0.230. The van der Waals surface area contributed by atoms with Crippen molar-refractivity contribution in [1.29, 1.82) is 0 Å². The molecule has 0 fully saturated rings. The molecular weight excluding hydrogens is 238 g/mol. The molecule has 0 amide bonds. The molecule has 0 radical (unpaired) electrons. The molecule has 102 valence electrons. The van der Waals surface area contributed by atoms with Crippen molar-refractivity contribution >= 4 is 12.6 Å². The molecule has 0 spiro atoms. The summed E-state index contributed by atoms with van der Waals surface area (Å²) >= 11 is 4.23. The number of aryl methyl sites for hydroxylation is 2. The van der Waals surface area contributed by atoms with E-state index >= 15 is 0 Å². The topological polar surface area (TPSA) is 12.0 Å². The SMILES string of the molecule is Cc1cc(C(C)(C)C)cc(C)c1CNCCCS. The lowest BCUT2D eigenvalue weighted by Crippen LogP contribution is -2.18. The summed E-state index contributed by atoms with van der Waals surface area (Å²) in [7, 11) is 0. The van der Waals surface area contributed by atoms with Crippen LogP contribution >= 0.6 is 12.6 Å². The summed E-state index contributed by atoms with van der Waals surface area (Å²) in [6.07, 6.45) is 1.13. The molecule has 2 heteroatoms. The van der Waals surface area contributed by atoms with Crippen LogP contribution in [0.5, 0.6) is 0 Å². The first-order chi connectivity index (χ1) is 8.36. The van der Waals surface area contributed by atoms with Crippen LogP contribution in [0.2, 0.25) is 0 Å². The summed E-state index contributed by atoms with van der Waals surface area (Å²) in [5.74, 6) is 0.952. The van der Waals surface area contributed by atoms with E-state index in [4.69, 9.17) is 0 Å². The van der Waals surface area contributed by atoms with Gasteiger partial charge in [-0.2, -0.15) is 12.6 Å². The second-order valence-electron chi connectivity index (χ2n) is 6.09. The predicted molar refractivity (Wildman–Crippen MR) is 84.8 cm³/mol. The van der Waals surface area contributed by atoms with Crippen LogP contribution < -0.4 is 5.32 Å². The van der Waals surface area contributed by atoms with Gasteiger partial charge < -0.3 is 5.32 Å². The van der Waals surface area contributed by atoms with E-state index < -0.39 is 0 Å². The van der Waals surface area contributed by atoms with Crippen molar-refractivity contribution in [2.24, 2.45) is 0 Å². The first-order valence-electron chi connectivity index (χ1n) is 6.78. The third kappa shape index (κ3) is 4.33. The molecule has 0 atom stereocenters. The van der Waals surface area contributed by atoms with Gasteiger partial charge in [-0.3, -0.25) is 0 Å². The molecule has 1 N–H and O–H groups in total. The number of rotatable bonds is 5. The van der Waals surface area contributed by atoms with Crippen molar-refractivity contribution in [3.8, 4) is 0 Å². The molecule has 0 aliphatic heterocycles. The van der Waals surface area contributed by atoms with Crippen molar-refractivity contribution in [2.75, 3.05) is 12.3 Å². The second kappa shape index (κ2) is 6.63. The number of hydrogen-bond acceptors (Lipinski definition) is 2. The summed E-state index contributed by atoms with van der Waals surface area (Å²) in [4.78, 5) is 0. The fourth-order valence-electron chi connectivity index (χ4n) is 2.12. The predicted octanol–water partition coefficient (Wildman–Crippen LogP) is 4.01. The average molecular weight is 265 g/mol. The van der Waals surface area contributed by atoms with Gasteiger partial charge in [0.15, 0.2) is 0 Å². The molecule has 0 bridgehead atoms. The summed E-state index contributed by atoms with van der Waals surface area (Å²) in [5, 5.41) is 3.49. The molecular formula is C16H27NS. The summed E-state index contributed by atoms with van der Waals surface area (Å²) < 4.78 is 0. The molecule has 1 aromatic rings. The van der Waals surface area contributed by atoms with Crippen LogP contribution in [0.4, 0.5) is 0 Å². The Labute approximate surface area is 118 Å². The maximum absolute atomic E-state index is 4.23. The fourth-order valence-corrected chi connectivity index (χ4v) is 2.28. The summed E-state index contributed by atoms with van der Waals surface area (Å²) in [6.45, 7) is 13.3. The average Bonchev–Trinajstić information content (AvgIpc) is 2.25. The molecule has 1 aromatic carbocycles. The van der Waals surface area contributed by atoms with Crippen LogP contribution in [0.25, 0.3) is 0 Å². The highest BCUT2D eigenvalue weighted by Gasteiger charge is 2.15. The number of benzene rings is 1. The molecule has 0 saturated carbocycles. The molecule has 18 heavy (non-hydrogen) atoms. The van der Waals surface area contributed by atoms with Gasteiger partial charge >= 0.3 is 0 Å². The number of nitrogens with one attached hydrogen (secondary N) is 1. The second-order valence-corrected chi connectivity index (χ2v) is 6.54. The van der Waals surface area contributed by atoms with E-state index in [9.17, 15) is 0 Å². The lowest BCUT2D eigenvalue weighted by atomic mass is 9.84. The van der Waals surface area contributed by atoms with Crippen molar-refractivity contribution < 1.29 is 0 Å². The van der Waals surface area contributed by atoms with Crippen LogP contribution in [0.15, 0.2) is 12.1 Å². The lowest BCUT2D eigenvalue weighted by molar-refractivity contribution is 0.587. The first-order valence-corrected chi connectivity index (χ1v) is 7.41. The van der Waals surface area contributed by atoms with Crippen molar-refractivity contribution in [2.45, 2.75) is 53.0 Å². The van der Waals surface area contributed by atoms with Gasteiger partial charge in [0, 0.05) is 6.54 Å². The van der Waals surface area contributed by atoms with E-state index in [-0.39, 0.29) is 5.41 Å². The third-order valence-corrected chi connectivity index (χ3v) is 3.69. The zero-order chi connectivity index (χ0) is 13.8. The van der Waals surface area contributed by atoms with E-state index in [0.29, 0.717) is 0 Å². The summed E-state index contributed by atoms with van der Waals surface area (Å²) in [6, 6.07) is 4.67. The van der Waals surface area contributed by atoms with Gasteiger partial charge in [-0.05, 0) is 60.2 Å². The van der Waals surface area contributed by atoms with E-state index in [0.717, 1.165) is 25.3 Å². The minimum atomic E-state index is 0.230. The van der Waals surface area contributed by atoms with Gasteiger partial charge in [-0.25, -0.2) is 0 Å². The molecule has 1 nitrogen and oxygen atoms in total. The van der Waals surface area contributed by atoms with Crippen LogP contribution in [0, 0.1) is 13.8 Å². The molecule has 0 saturated heterocycles. The maximum Gasteiger partial charge on any atom is 0.0210 e. The zero-order valence-electron chi connectivity index (χ0n) is 12.4. The van der Waals surface area contributed by atoms with Crippen molar-refractivity contribution in [3.05, 3.63) is 34.4 Å². The van der Waals surface area contributed by atoms with Crippen LogP contribution in [-0.4, -0.2) is 12.3 Å². The molecule has 0 unspecified atom stereocenters. The minimum Gasteiger partial charge on any atom is -0.313 e. The van der Waals surface area contributed by atoms with Crippen molar-refractivity contribution in [3.63, 3.8) is 0 Å². The van der Waals surface area contributed by atoms with E-state index in [1.165, 1.54) is 22.3 Å². The Kier molecular flexibility index (Phi) is 5.74. The first kappa shape index (κ1) is 15.6. The summed E-state index contributed by atoms with van der Waals surface area (Å²) in [5.41, 5.74) is 5.91. The quantitative estimate of drug-likeness (QED) is 0.605. The normalized spacial score (nSPS) is 11.9. The molecule has 0 aliphatic carbocycles. The van der Waals surface area contributed by atoms with Gasteiger partial charge in [0.1, 0.15) is 0 Å². The largest absolute Gasteiger partial charge is 0.313 e. The molecule has 0 heterocycles. The smallest absolute Gasteiger partial charge is 0.0210 e. The Morgan fingerprint density at radius 1 is 1.11 bits per heavy atom. The molecule has 1 rings (SSSR count). The molecule has 0 aromatic heterocycles. The van der Waals surface area contributed by atoms with Crippen LogP contribution in [0.3, 0.4) is 0 Å². The van der Waals surface area contributed by atoms with E-state index in [1.54, 1.807) is 0 Å². The number of thiol groups is 1. The van der Waals surface area contributed by atoms with Crippen LogP contribution in [-0.2, 0) is 12.0 Å². The Hall–Kier alpha value is -0.470. The van der Waals surface area contributed by atoms with Crippen LogP contribution in [0.1, 0.15) is 49.4 Å². The maximum atomic E-state index is 4.23. The van der Waals surface area contributed by atoms with Gasteiger partial charge in [0.05, 0.1) is 0 Å². The van der Waals surface area contributed by atoms with Gasteiger partial charge in [-0.15, -0.1) is 0 Å². The van der Waals surface area contributed by atoms with Gasteiger partial charge in [-0.1, -0.05) is 32.9 Å². The highest BCUT2D eigenvalue weighted by Crippen LogP contribution is 2.26. The Morgan fingerprint density at radius 2 is 1.67 bits per heavy atom. The third-order valence-electron chi connectivity index (χ3n) is 3.38. The van der Waals surface area contributed by atoms with Gasteiger partial charge in [0.2, 0.25) is 0 Å². The zero-order valence-corrected chi connectivity index (χ0v) is 13.3. The standard InChI is InChI=1S/C16H27NS/c1-12-9-14(16(3,4)5)10-13(2)15(12)11-17-7-6-8-18/h9-10,17-18H,6-8,11H2,1-5H3.